The number of carbonyl (C=O) groups is 3. The van der Waals surface area contributed by atoms with E-state index in [1.165, 1.54) is 17.9 Å². The molecule has 3 heterocycles. The van der Waals surface area contributed by atoms with Crippen molar-refractivity contribution >= 4 is 34.6 Å². The summed E-state index contributed by atoms with van der Waals surface area (Å²) in [6.07, 6.45) is 2.07. The Hall–Kier alpha value is -5.65. The van der Waals surface area contributed by atoms with Crippen LogP contribution in [-0.2, 0) is 20.8 Å². The second-order valence-corrected chi connectivity index (χ2v) is 12.0. The molecule has 2 aromatic carbocycles. The number of anilines is 1. The second kappa shape index (κ2) is 13.8. The minimum atomic E-state index is -0.816. The lowest BCUT2D eigenvalue weighted by Gasteiger charge is -2.30. The van der Waals surface area contributed by atoms with Gasteiger partial charge in [0.25, 0.3) is 0 Å². The van der Waals surface area contributed by atoms with Crippen molar-refractivity contribution in [3.8, 4) is 22.5 Å². The first-order valence-corrected chi connectivity index (χ1v) is 14.9. The molecule has 0 fully saturated rings. The van der Waals surface area contributed by atoms with E-state index in [1.807, 2.05) is 76.2 Å². The number of benzene rings is 2. The molecular weight excluding hydrogens is 603 g/mol. The molecule has 0 bridgehead atoms. The second-order valence-electron chi connectivity index (χ2n) is 12.0. The van der Waals surface area contributed by atoms with Gasteiger partial charge in [-0.1, -0.05) is 45.0 Å². The molecule has 0 saturated heterocycles. The Labute approximate surface area is 271 Å². The summed E-state index contributed by atoms with van der Waals surface area (Å²) in [6, 6.07) is 18.7. The lowest BCUT2D eigenvalue weighted by Crippen LogP contribution is -2.42. The molecule has 2 N–H and O–H groups in total. The Morgan fingerprint density at radius 3 is 2.53 bits per heavy atom. The summed E-state index contributed by atoms with van der Waals surface area (Å²) in [6.45, 7) is 7.17. The molecule has 1 unspecified atom stereocenters. The summed E-state index contributed by atoms with van der Waals surface area (Å²) < 4.78 is 26.4. The fourth-order valence-corrected chi connectivity index (χ4v) is 4.99. The van der Waals surface area contributed by atoms with Crippen molar-refractivity contribution < 1.29 is 28.2 Å². The third kappa shape index (κ3) is 7.96. The summed E-state index contributed by atoms with van der Waals surface area (Å²) in [4.78, 5) is 47.0. The van der Waals surface area contributed by atoms with Crippen molar-refractivity contribution in [2.24, 2.45) is 5.41 Å². The van der Waals surface area contributed by atoms with E-state index in [0.29, 0.717) is 11.4 Å². The van der Waals surface area contributed by atoms with Gasteiger partial charge in [-0.25, -0.2) is 14.0 Å². The van der Waals surface area contributed by atoms with E-state index < -0.39 is 35.3 Å². The number of hydrogen-bond acceptors (Lipinski definition) is 8. The van der Waals surface area contributed by atoms with Crippen LogP contribution >= 0.6 is 0 Å². The van der Waals surface area contributed by atoms with Crippen molar-refractivity contribution in [2.75, 3.05) is 19.0 Å². The van der Waals surface area contributed by atoms with Crippen molar-refractivity contribution in [3.63, 3.8) is 0 Å². The number of hydrogen-bond donors (Lipinski definition) is 2. The normalized spacial score (nSPS) is 12.0. The maximum atomic E-state index is 14.7. The average molecular weight is 639 g/mol. The molecule has 5 aromatic rings. The van der Waals surface area contributed by atoms with Crippen LogP contribution in [0.5, 0.6) is 0 Å². The topological polar surface area (TPSA) is 137 Å². The number of aromatic nitrogens is 4. The van der Waals surface area contributed by atoms with Crippen LogP contribution in [0.2, 0.25) is 0 Å². The highest BCUT2D eigenvalue weighted by Crippen LogP contribution is 2.34. The molecule has 0 aliphatic heterocycles. The van der Waals surface area contributed by atoms with E-state index in [-0.39, 0.29) is 24.3 Å². The standard InChI is InChI=1S/C35H35FN6O5/c1-21-9-8-12-29(39-21)32-27(25-13-14-37-28-11-7-6-10-26(25)28)19-42(41-32)20-31(43)40-24-16-22(15-23(36)17-24)33(44)47-30(35(2,3)4)18-38-34(45)46-5/h6-17,19,30H,18,20H2,1-5H3,(H,38,45)(H,40,43). The van der Waals surface area contributed by atoms with E-state index in [2.05, 4.69) is 25.3 Å². The summed E-state index contributed by atoms with van der Waals surface area (Å²) in [5, 5.41) is 10.8. The maximum Gasteiger partial charge on any atom is 0.406 e. The highest BCUT2D eigenvalue weighted by molar-refractivity contribution is 5.98. The number of para-hydroxylation sites is 1. The number of amides is 2. The number of alkyl carbamates (subject to hydrolysis) is 1. The highest BCUT2D eigenvalue weighted by atomic mass is 19.1. The number of fused-ring (bicyclic) bond motifs is 1. The molecule has 0 spiro atoms. The third-order valence-electron chi connectivity index (χ3n) is 7.39. The summed E-state index contributed by atoms with van der Waals surface area (Å²) in [7, 11) is 1.23. The molecule has 12 heteroatoms. The lowest BCUT2D eigenvalue weighted by molar-refractivity contribution is -0.116. The largest absolute Gasteiger partial charge is 0.456 e. The summed E-state index contributed by atoms with van der Waals surface area (Å²) in [5.41, 5.74) is 3.90. The van der Waals surface area contributed by atoms with Crippen LogP contribution in [0.1, 0.15) is 36.8 Å². The molecule has 2 amide bonds. The summed E-state index contributed by atoms with van der Waals surface area (Å²) in [5.74, 6) is -2.06. The Balaban J connectivity index is 1.38. The number of carbonyl (C=O) groups excluding carboxylic acids is 3. The van der Waals surface area contributed by atoms with E-state index in [9.17, 15) is 18.8 Å². The quantitative estimate of drug-likeness (QED) is 0.183. The van der Waals surface area contributed by atoms with Crippen molar-refractivity contribution in [1.29, 1.82) is 0 Å². The zero-order valence-corrected chi connectivity index (χ0v) is 26.7. The van der Waals surface area contributed by atoms with E-state index in [0.717, 1.165) is 39.9 Å². The minimum Gasteiger partial charge on any atom is -0.456 e. The van der Waals surface area contributed by atoms with Gasteiger partial charge in [0.2, 0.25) is 5.91 Å². The highest BCUT2D eigenvalue weighted by Gasteiger charge is 2.30. The zero-order valence-electron chi connectivity index (χ0n) is 26.7. The van der Waals surface area contributed by atoms with Gasteiger partial charge in [0, 0.05) is 40.1 Å². The first-order chi connectivity index (χ1) is 22.4. The van der Waals surface area contributed by atoms with Gasteiger partial charge < -0.3 is 20.1 Å². The number of halogens is 1. The molecule has 0 aliphatic rings. The number of rotatable bonds is 9. The third-order valence-corrected chi connectivity index (χ3v) is 7.39. The van der Waals surface area contributed by atoms with Gasteiger partial charge in [-0.2, -0.15) is 5.10 Å². The first kappa shape index (κ1) is 32.7. The smallest absolute Gasteiger partial charge is 0.406 e. The minimum absolute atomic E-state index is 0.0119. The van der Waals surface area contributed by atoms with Crippen molar-refractivity contribution in [2.45, 2.75) is 40.3 Å². The van der Waals surface area contributed by atoms with Crippen LogP contribution in [0, 0.1) is 18.2 Å². The summed E-state index contributed by atoms with van der Waals surface area (Å²) >= 11 is 0. The Bertz CT molecular complexity index is 1950. The van der Waals surface area contributed by atoms with E-state index in [4.69, 9.17) is 9.84 Å². The molecule has 1 atom stereocenters. The van der Waals surface area contributed by atoms with Gasteiger partial charge in [-0.05, 0) is 55.0 Å². The molecule has 0 aliphatic carbocycles. The fraction of sp³-hybridized carbons (Fsp3) is 0.257. The molecule has 0 radical (unpaired) electrons. The lowest BCUT2D eigenvalue weighted by atomic mass is 9.89. The number of pyridine rings is 2. The number of nitrogens with zero attached hydrogens (tertiary/aromatic N) is 4. The molecular formula is C35H35FN6O5. The Kier molecular flexibility index (Phi) is 9.59. The number of nitrogens with one attached hydrogen (secondary N) is 2. The molecule has 0 saturated carbocycles. The average Bonchev–Trinajstić information content (AvgIpc) is 3.44. The molecule has 47 heavy (non-hydrogen) atoms. The predicted octanol–water partition coefficient (Wildman–Crippen LogP) is 6.17. The van der Waals surface area contributed by atoms with Gasteiger partial charge >= 0.3 is 12.1 Å². The number of esters is 1. The number of methoxy groups -OCH3 is 1. The van der Waals surface area contributed by atoms with Gasteiger partial charge in [-0.3, -0.25) is 19.4 Å². The number of aryl methyl sites for hydroxylation is 1. The molecule has 11 nitrogen and oxygen atoms in total. The van der Waals surface area contributed by atoms with Gasteiger partial charge in [0.15, 0.2) is 0 Å². The predicted molar refractivity (Wildman–Crippen MR) is 175 cm³/mol. The Morgan fingerprint density at radius 1 is 1.00 bits per heavy atom. The fourth-order valence-electron chi connectivity index (χ4n) is 4.99. The maximum absolute atomic E-state index is 14.7. The molecule has 5 rings (SSSR count). The van der Waals surface area contributed by atoms with Crippen LogP contribution in [0.25, 0.3) is 33.4 Å². The van der Waals surface area contributed by atoms with Crippen LogP contribution in [-0.4, -0.2) is 57.5 Å². The zero-order chi connectivity index (χ0) is 33.7. The van der Waals surface area contributed by atoms with Gasteiger partial charge in [-0.15, -0.1) is 0 Å². The van der Waals surface area contributed by atoms with Gasteiger partial charge in [0.05, 0.1) is 30.4 Å². The SMILES string of the molecule is COC(=O)NCC(OC(=O)c1cc(F)cc(NC(=O)Cn2cc(-c3ccnc4ccccc34)c(-c3cccc(C)n3)n2)c1)C(C)(C)C. The van der Waals surface area contributed by atoms with E-state index in [1.54, 1.807) is 12.4 Å². The first-order valence-electron chi connectivity index (χ1n) is 14.9. The van der Waals surface area contributed by atoms with Crippen LogP contribution in [0.3, 0.4) is 0 Å². The Morgan fingerprint density at radius 2 is 1.79 bits per heavy atom. The van der Waals surface area contributed by atoms with Crippen LogP contribution < -0.4 is 10.6 Å². The monoisotopic (exact) mass is 638 g/mol. The van der Waals surface area contributed by atoms with Crippen molar-refractivity contribution in [1.82, 2.24) is 25.1 Å². The van der Waals surface area contributed by atoms with Crippen molar-refractivity contribution in [3.05, 3.63) is 96.2 Å². The van der Waals surface area contributed by atoms with E-state index >= 15 is 0 Å². The molecule has 3 aromatic heterocycles. The number of ether oxygens (including phenoxy) is 2. The van der Waals surface area contributed by atoms with Gasteiger partial charge in [0.1, 0.15) is 24.2 Å². The van der Waals surface area contributed by atoms with Crippen LogP contribution in [0.4, 0.5) is 14.9 Å². The van der Waals surface area contributed by atoms with Crippen LogP contribution in [0.15, 0.2) is 79.1 Å². The molecule has 242 valence electrons.